The van der Waals surface area contributed by atoms with Crippen LogP contribution in [0.3, 0.4) is 0 Å². The molecular formula is C21H29N3O3. The Kier molecular flexibility index (Phi) is 5.34. The van der Waals surface area contributed by atoms with E-state index in [0.29, 0.717) is 32.1 Å². The first kappa shape index (κ1) is 18.3. The van der Waals surface area contributed by atoms with Crippen LogP contribution in [0.25, 0.3) is 0 Å². The van der Waals surface area contributed by atoms with Gasteiger partial charge in [0.25, 0.3) is 0 Å². The minimum atomic E-state index is 0.0256. The molecule has 3 fully saturated rings. The maximum atomic E-state index is 12.6. The molecule has 2 saturated heterocycles. The molecule has 0 unspecified atom stereocenters. The van der Waals surface area contributed by atoms with Gasteiger partial charge >= 0.3 is 0 Å². The third-order valence-corrected chi connectivity index (χ3v) is 6.31. The van der Waals surface area contributed by atoms with Crippen molar-refractivity contribution in [3.05, 3.63) is 29.8 Å². The Balaban J connectivity index is 1.25. The number of hydrogen-bond acceptors (Lipinski definition) is 4. The minimum absolute atomic E-state index is 0.0256. The van der Waals surface area contributed by atoms with Gasteiger partial charge in [0.2, 0.25) is 11.8 Å². The highest BCUT2D eigenvalue weighted by atomic mass is 16.5. The molecule has 2 heterocycles. The number of nitrogens with zero attached hydrogens (tertiary/aromatic N) is 3. The van der Waals surface area contributed by atoms with Crippen molar-refractivity contribution in [2.75, 3.05) is 39.8 Å². The molecule has 2 atom stereocenters. The lowest BCUT2D eigenvalue weighted by Crippen LogP contribution is -2.52. The monoisotopic (exact) mass is 371 g/mol. The van der Waals surface area contributed by atoms with E-state index in [-0.39, 0.29) is 18.4 Å². The van der Waals surface area contributed by atoms with Gasteiger partial charge in [-0.3, -0.25) is 14.5 Å². The van der Waals surface area contributed by atoms with E-state index in [1.165, 1.54) is 19.3 Å². The third kappa shape index (κ3) is 4.10. The molecule has 0 radical (unpaired) electrons. The summed E-state index contributed by atoms with van der Waals surface area (Å²) in [6, 6.07) is 8.48. The van der Waals surface area contributed by atoms with Crippen LogP contribution in [0.5, 0.6) is 5.75 Å². The molecule has 0 aromatic heterocycles. The fourth-order valence-electron chi connectivity index (χ4n) is 4.78. The van der Waals surface area contributed by atoms with E-state index >= 15 is 0 Å². The molecule has 0 spiro atoms. The van der Waals surface area contributed by atoms with Gasteiger partial charge in [-0.15, -0.1) is 0 Å². The average Bonchev–Trinajstić information content (AvgIpc) is 3.31. The van der Waals surface area contributed by atoms with Gasteiger partial charge in [0.05, 0.1) is 13.7 Å². The lowest BCUT2D eigenvalue weighted by atomic mass is 10.1. The summed E-state index contributed by atoms with van der Waals surface area (Å²) < 4.78 is 5.25. The van der Waals surface area contributed by atoms with Gasteiger partial charge in [-0.1, -0.05) is 12.1 Å². The predicted molar refractivity (Wildman–Crippen MR) is 102 cm³/mol. The van der Waals surface area contributed by atoms with E-state index in [4.69, 9.17) is 4.74 Å². The molecule has 1 saturated carbocycles. The molecule has 2 amide bonds. The zero-order valence-electron chi connectivity index (χ0n) is 16.1. The number of benzene rings is 1. The number of ether oxygens (including phenoxy) is 1. The number of fused-ring (bicyclic) bond motifs is 2. The Morgan fingerprint density at radius 3 is 2.85 bits per heavy atom. The zero-order valence-corrected chi connectivity index (χ0v) is 16.1. The molecule has 146 valence electrons. The quantitative estimate of drug-likeness (QED) is 0.764. The van der Waals surface area contributed by atoms with Gasteiger partial charge in [0, 0.05) is 45.2 Å². The highest BCUT2D eigenvalue weighted by Gasteiger charge is 2.37. The van der Waals surface area contributed by atoms with Crippen LogP contribution in [-0.4, -0.2) is 72.4 Å². The molecule has 1 aromatic rings. The van der Waals surface area contributed by atoms with Gasteiger partial charge in [0.1, 0.15) is 5.75 Å². The van der Waals surface area contributed by atoms with Crippen molar-refractivity contribution in [1.82, 2.24) is 14.7 Å². The zero-order chi connectivity index (χ0) is 18.8. The van der Waals surface area contributed by atoms with Crippen LogP contribution in [0.15, 0.2) is 24.3 Å². The van der Waals surface area contributed by atoms with Crippen LogP contribution in [0.1, 0.15) is 31.2 Å². The summed E-state index contributed by atoms with van der Waals surface area (Å²) in [6.45, 7) is 3.99. The predicted octanol–water partition coefficient (Wildman–Crippen LogP) is 1.74. The summed E-state index contributed by atoms with van der Waals surface area (Å²) in [7, 11) is 1.64. The highest BCUT2D eigenvalue weighted by Crippen LogP contribution is 2.37. The first-order valence-electron chi connectivity index (χ1n) is 10.0. The van der Waals surface area contributed by atoms with Crippen molar-refractivity contribution in [1.29, 1.82) is 0 Å². The molecule has 2 aliphatic heterocycles. The van der Waals surface area contributed by atoms with Crippen LogP contribution in [0.2, 0.25) is 0 Å². The minimum Gasteiger partial charge on any atom is -0.497 e. The smallest absolute Gasteiger partial charge is 0.242 e. The SMILES string of the molecule is COc1cccc(CN2CCN(C(=O)CCN3C[C@@H]4CC[C@H]3C4)CC2=O)c1. The first-order valence-corrected chi connectivity index (χ1v) is 10.0. The summed E-state index contributed by atoms with van der Waals surface area (Å²) in [5.74, 6) is 1.79. The number of likely N-dealkylation sites (tertiary alicyclic amines) is 1. The van der Waals surface area contributed by atoms with Crippen molar-refractivity contribution < 1.29 is 14.3 Å². The Bertz CT molecular complexity index is 708. The second-order valence-electron chi connectivity index (χ2n) is 8.06. The van der Waals surface area contributed by atoms with E-state index < -0.39 is 0 Å². The summed E-state index contributed by atoms with van der Waals surface area (Å²) in [6.07, 6.45) is 4.50. The van der Waals surface area contributed by atoms with Gasteiger partial charge in [0.15, 0.2) is 0 Å². The lowest BCUT2D eigenvalue weighted by Gasteiger charge is -2.35. The molecule has 4 rings (SSSR count). The Morgan fingerprint density at radius 1 is 1.26 bits per heavy atom. The number of carbonyl (C=O) groups excluding carboxylic acids is 2. The van der Waals surface area contributed by atoms with Gasteiger partial charge in [-0.2, -0.15) is 0 Å². The maximum absolute atomic E-state index is 12.6. The number of piperidine rings is 1. The summed E-state index contributed by atoms with van der Waals surface area (Å²) >= 11 is 0. The Hall–Kier alpha value is -2.08. The van der Waals surface area contributed by atoms with Crippen LogP contribution in [-0.2, 0) is 16.1 Å². The number of carbonyl (C=O) groups is 2. The van der Waals surface area contributed by atoms with Crippen molar-refractivity contribution in [3.8, 4) is 5.75 Å². The van der Waals surface area contributed by atoms with Gasteiger partial charge in [-0.25, -0.2) is 0 Å². The normalized spacial score (nSPS) is 25.3. The topological polar surface area (TPSA) is 53.1 Å². The summed E-state index contributed by atoms with van der Waals surface area (Å²) in [5, 5.41) is 0. The number of rotatable bonds is 6. The summed E-state index contributed by atoms with van der Waals surface area (Å²) in [4.78, 5) is 31.1. The Labute approximate surface area is 161 Å². The largest absolute Gasteiger partial charge is 0.497 e. The van der Waals surface area contributed by atoms with Crippen LogP contribution in [0.4, 0.5) is 0 Å². The number of amides is 2. The fraction of sp³-hybridized carbons (Fsp3) is 0.619. The molecule has 6 nitrogen and oxygen atoms in total. The van der Waals surface area contributed by atoms with Crippen LogP contribution < -0.4 is 4.74 Å². The second kappa shape index (κ2) is 7.89. The molecule has 6 heteroatoms. The molecule has 0 N–H and O–H groups in total. The van der Waals surface area contributed by atoms with Crippen LogP contribution in [0, 0.1) is 5.92 Å². The average molecular weight is 371 g/mol. The molecule has 27 heavy (non-hydrogen) atoms. The van der Waals surface area contributed by atoms with Gasteiger partial charge in [-0.05, 0) is 42.9 Å². The first-order chi connectivity index (χ1) is 13.1. The summed E-state index contributed by atoms with van der Waals surface area (Å²) in [5.41, 5.74) is 1.05. The Morgan fingerprint density at radius 2 is 2.15 bits per heavy atom. The van der Waals surface area contributed by atoms with Crippen molar-refractivity contribution in [2.45, 2.75) is 38.3 Å². The fourth-order valence-corrected chi connectivity index (χ4v) is 4.78. The second-order valence-corrected chi connectivity index (χ2v) is 8.06. The maximum Gasteiger partial charge on any atom is 0.242 e. The van der Waals surface area contributed by atoms with E-state index in [1.807, 2.05) is 29.2 Å². The van der Waals surface area contributed by atoms with E-state index in [2.05, 4.69) is 4.90 Å². The number of methoxy groups -OCH3 is 1. The van der Waals surface area contributed by atoms with Crippen LogP contribution >= 0.6 is 0 Å². The van der Waals surface area contributed by atoms with E-state index in [9.17, 15) is 9.59 Å². The standard InChI is InChI=1S/C21H29N3O3/c1-27-19-4-2-3-16(12-19)14-23-9-10-24(15-21(23)26)20(25)7-8-22-13-17-5-6-18(22)11-17/h2-4,12,17-18H,5-11,13-15H2,1H3/t17-,18+/m1/s1. The van der Waals surface area contributed by atoms with Crippen molar-refractivity contribution in [2.24, 2.45) is 5.92 Å². The van der Waals surface area contributed by atoms with E-state index in [1.54, 1.807) is 12.0 Å². The molecular weight excluding hydrogens is 342 g/mol. The molecule has 1 aromatic carbocycles. The van der Waals surface area contributed by atoms with Gasteiger partial charge < -0.3 is 14.5 Å². The molecule has 2 bridgehead atoms. The molecule has 3 aliphatic rings. The number of hydrogen-bond donors (Lipinski definition) is 0. The lowest BCUT2D eigenvalue weighted by molar-refractivity contribution is -0.145. The third-order valence-electron chi connectivity index (χ3n) is 6.31. The van der Waals surface area contributed by atoms with E-state index in [0.717, 1.165) is 30.3 Å². The number of piperazine rings is 1. The highest BCUT2D eigenvalue weighted by molar-refractivity contribution is 5.86. The van der Waals surface area contributed by atoms with Crippen molar-refractivity contribution in [3.63, 3.8) is 0 Å². The molecule has 1 aliphatic carbocycles. The van der Waals surface area contributed by atoms with Crippen molar-refractivity contribution >= 4 is 11.8 Å².